The lowest BCUT2D eigenvalue weighted by molar-refractivity contribution is 0.252. The summed E-state index contributed by atoms with van der Waals surface area (Å²) in [5.74, 6) is 1.19. The summed E-state index contributed by atoms with van der Waals surface area (Å²) in [5.41, 5.74) is 0. The van der Waals surface area contributed by atoms with Gasteiger partial charge in [-0.25, -0.2) is 8.42 Å². The summed E-state index contributed by atoms with van der Waals surface area (Å²) in [7, 11) is -2.71. The van der Waals surface area contributed by atoms with E-state index in [1.807, 2.05) is 0 Å². The van der Waals surface area contributed by atoms with Crippen molar-refractivity contribution >= 4 is 9.84 Å². The van der Waals surface area contributed by atoms with Gasteiger partial charge in [-0.05, 0) is 31.7 Å². The molecule has 2 atom stereocenters. The van der Waals surface area contributed by atoms with Gasteiger partial charge >= 0.3 is 0 Å². The molecule has 2 unspecified atom stereocenters. The van der Waals surface area contributed by atoms with E-state index in [1.165, 1.54) is 12.8 Å². The van der Waals surface area contributed by atoms with Crippen LogP contribution < -0.4 is 5.32 Å². The van der Waals surface area contributed by atoms with Crippen LogP contribution in [0.5, 0.6) is 0 Å². The summed E-state index contributed by atoms with van der Waals surface area (Å²) in [6, 6.07) is 0.646. The van der Waals surface area contributed by atoms with Gasteiger partial charge < -0.3 is 10.2 Å². The molecule has 0 aromatic heterocycles. The van der Waals surface area contributed by atoms with Gasteiger partial charge in [0.25, 0.3) is 0 Å². The molecule has 0 radical (unpaired) electrons. The highest BCUT2D eigenvalue weighted by atomic mass is 32.2. The molecule has 100 valence electrons. The smallest absolute Gasteiger partial charge is 0.150 e. The Bertz CT molecular complexity index is 342. The normalized spacial score (nSPS) is 34.6. The zero-order valence-electron chi connectivity index (χ0n) is 10.7. The molecule has 4 nitrogen and oxygen atoms in total. The summed E-state index contributed by atoms with van der Waals surface area (Å²) < 4.78 is 22.8. The molecule has 2 aliphatic heterocycles. The molecular formula is C12H24N2O2S. The Morgan fingerprint density at radius 2 is 2.12 bits per heavy atom. The van der Waals surface area contributed by atoms with Gasteiger partial charge in [-0.2, -0.15) is 0 Å². The Hall–Kier alpha value is -0.130. The van der Waals surface area contributed by atoms with Crippen molar-refractivity contribution in [2.75, 3.05) is 37.7 Å². The minimum absolute atomic E-state index is 0.373. The topological polar surface area (TPSA) is 49.4 Å². The number of nitrogens with one attached hydrogen (secondary N) is 1. The Morgan fingerprint density at radius 3 is 2.76 bits per heavy atom. The summed E-state index contributed by atoms with van der Waals surface area (Å²) in [4.78, 5) is 2.44. The zero-order chi connectivity index (χ0) is 12.3. The molecule has 2 saturated heterocycles. The van der Waals surface area contributed by atoms with Crippen molar-refractivity contribution in [3.05, 3.63) is 0 Å². The molecule has 0 aromatic rings. The van der Waals surface area contributed by atoms with E-state index >= 15 is 0 Å². The summed E-state index contributed by atoms with van der Waals surface area (Å²) in [6.07, 6.45) is 3.24. The summed E-state index contributed by atoms with van der Waals surface area (Å²) >= 11 is 0. The summed E-state index contributed by atoms with van der Waals surface area (Å²) in [5, 5.41) is 3.54. The number of hydrogen-bond acceptors (Lipinski definition) is 4. The van der Waals surface area contributed by atoms with Gasteiger partial charge in [0.1, 0.15) is 0 Å². The fourth-order valence-electron chi connectivity index (χ4n) is 2.89. The molecule has 2 aliphatic rings. The lowest BCUT2D eigenvalue weighted by atomic mass is 10.1. The van der Waals surface area contributed by atoms with Crippen LogP contribution in [-0.2, 0) is 9.84 Å². The molecule has 2 rings (SSSR count). The minimum atomic E-state index is -2.71. The third-order valence-corrected chi connectivity index (χ3v) is 5.83. The van der Waals surface area contributed by atoms with Crippen LogP contribution in [0.4, 0.5) is 0 Å². The monoisotopic (exact) mass is 260 g/mol. The van der Waals surface area contributed by atoms with Crippen LogP contribution in [0.15, 0.2) is 0 Å². The standard InChI is InChI=1S/C12H24N2O2S/c1-2-12-3-6-14(7-5-13-12)9-11-4-8-17(15,16)10-11/h11-13H,2-10H2,1H3. The molecule has 0 saturated carbocycles. The maximum Gasteiger partial charge on any atom is 0.150 e. The molecule has 0 aliphatic carbocycles. The van der Waals surface area contributed by atoms with E-state index in [9.17, 15) is 8.42 Å². The Kier molecular flexibility index (Phi) is 4.44. The van der Waals surface area contributed by atoms with Gasteiger partial charge in [0.05, 0.1) is 11.5 Å². The second kappa shape index (κ2) is 5.67. The molecule has 17 heavy (non-hydrogen) atoms. The predicted octanol–water partition coefficient (Wildman–Crippen LogP) is 0.495. The predicted molar refractivity (Wildman–Crippen MR) is 69.9 cm³/mol. The maximum absolute atomic E-state index is 11.4. The molecule has 2 heterocycles. The quantitative estimate of drug-likeness (QED) is 0.802. The molecule has 0 amide bonds. The van der Waals surface area contributed by atoms with Crippen molar-refractivity contribution in [3.8, 4) is 0 Å². The highest BCUT2D eigenvalue weighted by molar-refractivity contribution is 7.91. The fourth-order valence-corrected chi connectivity index (χ4v) is 4.74. The first-order valence-electron chi connectivity index (χ1n) is 6.75. The van der Waals surface area contributed by atoms with Crippen LogP contribution in [0.1, 0.15) is 26.2 Å². The van der Waals surface area contributed by atoms with Gasteiger partial charge in [-0.3, -0.25) is 0 Å². The first kappa shape index (κ1) is 13.3. The average Bonchev–Trinajstić information content (AvgIpc) is 2.51. The van der Waals surface area contributed by atoms with E-state index in [-0.39, 0.29) is 0 Å². The molecule has 1 N–H and O–H groups in total. The highest BCUT2D eigenvalue weighted by Gasteiger charge is 2.29. The van der Waals surface area contributed by atoms with Crippen LogP contribution in [-0.4, -0.2) is 57.0 Å². The number of rotatable bonds is 3. The summed E-state index contributed by atoms with van der Waals surface area (Å²) in [6.45, 7) is 6.40. The number of sulfone groups is 1. The molecule has 0 bridgehead atoms. The third kappa shape index (κ3) is 3.93. The fraction of sp³-hybridized carbons (Fsp3) is 1.00. The Morgan fingerprint density at radius 1 is 1.29 bits per heavy atom. The second-order valence-electron chi connectivity index (χ2n) is 5.42. The van der Waals surface area contributed by atoms with Gasteiger partial charge in [0.2, 0.25) is 0 Å². The van der Waals surface area contributed by atoms with Crippen LogP contribution in [0.2, 0.25) is 0 Å². The van der Waals surface area contributed by atoms with E-state index in [0.29, 0.717) is 23.5 Å². The largest absolute Gasteiger partial charge is 0.313 e. The van der Waals surface area contributed by atoms with Gasteiger partial charge in [0.15, 0.2) is 9.84 Å². The molecule has 2 fully saturated rings. The van der Waals surface area contributed by atoms with E-state index in [0.717, 1.165) is 32.6 Å². The number of hydrogen-bond donors (Lipinski definition) is 1. The van der Waals surface area contributed by atoms with Gasteiger partial charge in [-0.1, -0.05) is 6.92 Å². The Labute approximate surface area is 105 Å². The zero-order valence-corrected chi connectivity index (χ0v) is 11.5. The number of nitrogens with zero attached hydrogens (tertiary/aromatic N) is 1. The first-order chi connectivity index (χ1) is 8.09. The second-order valence-corrected chi connectivity index (χ2v) is 7.65. The van der Waals surface area contributed by atoms with E-state index in [4.69, 9.17) is 0 Å². The van der Waals surface area contributed by atoms with E-state index < -0.39 is 9.84 Å². The SMILES string of the molecule is CCC1CCN(CC2CCS(=O)(=O)C2)CCN1. The van der Waals surface area contributed by atoms with Crippen molar-refractivity contribution in [1.82, 2.24) is 10.2 Å². The van der Waals surface area contributed by atoms with Crippen LogP contribution in [0.3, 0.4) is 0 Å². The van der Waals surface area contributed by atoms with Crippen molar-refractivity contribution in [2.24, 2.45) is 5.92 Å². The van der Waals surface area contributed by atoms with Crippen molar-refractivity contribution in [1.29, 1.82) is 0 Å². The minimum Gasteiger partial charge on any atom is -0.313 e. The molecule has 0 aromatic carbocycles. The maximum atomic E-state index is 11.4. The molecule has 5 heteroatoms. The third-order valence-electron chi connectivity index (χ3n) is 3.99. The van der Waals surface area contributed by atoms with Crippen molar-refractivity contribution in [3.63, 3.8) is 0 Å². The van der Waals surface area contributed by atoms with Crippen LogP contribution >= 0.6 is 0 Å². The van der Waals surface area contributed by atoms with Crippen LogP contribution in [0, 0.1) is 5.92 Å². The van der Waals surface area contributed by atoms with Crippen molar-refractivity contribution in [2.45, 2.75) is 32.2 Å². The Balaban J connectivity index is 1.80. The van der Waals surface area contributed by atoms with Gasteiger partial charge in [0, 0.05) is 25.7 Å². The van der Waals surface area contributed by atoms with E-state index in [1.54, 1.807) is 0 Å². The van der Waals surface area contributed by atoms with Crippen LogP contribution in [0.25, 0.3) is 0 Å². The highest BCUT2D eigenvalue weighted by Crippen LogP contribution is 2.20. The average molecular weight is 260 g/mol. The lowest BCUT2D eigenvalue weighted by Gasteiger charge is -2.22. The first-order valence-corrected chi connectivity index (χ1v) is 8.57. The lowest BCUT2D eigenvalue weighted by Crippen LogP contribution is -2.33. The van der Waals surface area contributed by atoms with Crippen molar-refractivity contribution < 1.29 is 8.42 Å². The van der Waals surface area contributed by atoms with E-state index in [2.05, 4.69) is 17.1 Å². The molecular weight excluding hydrogens is 236 g/mol. The van der Waals surface area contributed by atoms with Gasteiger partial charge in [-0.15, -0.1) is 0 Å². The molecule has 0 spiro atoms.